The molecule has 2 bridgehead atoms. The molecule has 4 nitrogen and oxygen atoms in total. The highest BCUT2D eigenvalue weighted by molar-refractivity contribution is 5.80. The molecule has 4 rings (SSSR count). The highest BCUT2D eigenvalue weighted by atomic mass is 16.5. The van der Waals surface area contributed by atoms with Gasteiger partial charge in [-0.05, 0) is 36.8 Å². The summed E-state index contributed by atoms with van der Waals surface area (Å²) in [4.78, 5) is 17.2. The Morgan fingerprint density at radius 3 is 2.52 bits per heavy atom. The zero-order valence-electron chi connectivity index (χ0n) is 13.6. The summed E-state index contributed by atoms with van der Waals surface area (Å²) >= 11 is 0. The quantitative estimate of drug-likeness (QED) is 0.804. The number of nitrogens with zero attached hydrogens (tertiary/aromatic N) is 2. The molecule has 1 aromatic rings. The lowest BCUT2D eigenvalue weighted by Gasteiger charge is -2.38. The molecule has 1 saturated carbocycles. The molecule has 3 unspecified atom stereocenters. The van der Waals surface area contributed by atoms with Gasteiger partial charge in [0.2, 0.25) is 5.91 Å². The lowest BCUT2D eigenvalue weighted by molar-refractivity contribution is -0.136. The van der Waals surface area contributed by atoms with Gasteiger partial charge >= 0.3 is 0 Å². The number of benzene rings is 1. The molecular formula is C19H24N2O2. The summed E-state index contributed by atoms with van der Waals surface area (Å²) in [6.07, 6.45) is 6.82. The van der Waals surface area contributed by atoms with E-state index in [1.165, 1.54) is 6.42 Å². The average Bonchev–Trinajstić information content (AvgIpc) is 3.24. The van der Waals surface area contributed by atoms with E-state index in [1.54, 1.807) is 7.11 Å². The fourth-order valence-electron chi connectivity index (χ4n) is 4.36. The van der Waals surface area contributed by atoms with Crippen LogP contribution in [0.4, 0.5) is 5.69 Å². The second-order valence-corrected chi connectivity index (χ2v) is 6.87. The van der Waals surface area contributed by atoms with Crippen LogP contribution in [-0.2, 0) is 4.79 Å². The standard InChI is InChI=1S/C19H24N2O2/c1-23-18-5-3-2-4-17(18)20-8-10-21(11-9-20)19(22)16-13-14-6-7-15(16)12-14/h2-7,14-16H,8-13H2,1H3. The van der Waals surface area contributed by atoms with Crippen molar-refractivity contribution in [3.63, 3.8) is 0 Å². The summed E-state index contributed by atoms with van der Waals surface area (Å²) in [6, 6.07) is 8.12. The first kappa shape index (κ1) is 14.6. The van der Waals surface area contributed by atoms with E-state index in [0.717, 1.165) is 44.0 Å². The van der Waals surface area contributed by atoms with E-state index in [2.05, 4.69) is 28.0 Å². The fraction of sp³-hybridized carbons (Fsp3) is 0.526. The Balaban J connectivity index is 1.39. The summed E-state index contributed by atoms with van der Waals surface area (Å²) in [5.74, 6) is 2.68. The van der Waals surface area contributed by atoms with E-state index in [0.29, 0.717) is 17.7 Å². The highest BCUT2D eigenvalue weighted by Gasteiger charge is 2.41. The van der Waals surface area contributed by atoms with Gasteiger partial charge in [-0.15, -0.1) is 0 Å². The number of rotatable bonds is 3. The molecule has 3 atom stereocenters. The van der Waals surface area contributed by atoms with E-state index in [4.69, 9.17) is 4.74 Å². The van der Waals surface area contributed by atoms with Crippen molar-refractivity contribution in [2.24, 2.45) is 17.8 Å². The van der Waals surface area contributed by atoms with Crippen molar-refractivity contribution in [2.75, 3.05) is 38.2 Å². The van der Waals surface area contributed by atoms with Crippen molar-refractivity contribution < 1.29 is 9.53 Å². The lowest BCUT2D eigenvalue weighted by atomic mass is 9.92. The molecule has 1 saturated heterocycles. The highest BCUT2D eigenvalue weighted by Crippen LogP contribution is 2.44. The molecular weight excluding hydrogens is 288 g/mol. The van der Waals surface area contributed by atoms with Gasteiger partial charge < -0.3 is 14.5 Å². The van der Waals surface area contributed by atoms with Gasteiger partial charge in [-0.1, -0.05) is 24.3 Å². The van der Waals surface area contributed by atoms with Crippen molar-refractivity contribution in [1.82, 2.24) is 4.90 Å². The van der Waals surface area contributed by atoms with Gasteiger partial charge in [0.15, 0.2) is 0 Å². The summed E-state index contributed by atoms with van der Waals surface area (Å²) in [5, 5.41) is 0. The molecule has 1 aliphatic heterocycles. The third kappa shape index (κ3) is 2.60. The Morgan fingerprint density at radius 2 is 1.87 bits per heavy atom. The Labute approximate surface area is 137 Å². The van der Waals surface area contributed by atoms with Crippen LogP contribution in [0.1, 0.15) is 12.8 Å². The number of fused-ring (bicyclic) bond motifs is 2. The summed E-state index contributed by atoms with van der Waals surface area (Å²) in [7, 11) is 1.71. The first-order valence-corrected chi connectivity index (χ1v) is 8.61. The van der Waals surface area contributed by atoms with E-state index in [-0.39, 0.29) is 5.92 Å². The monoisotopic (exact) mass is 312 g/mol. The lowest BCUT2D eigenvalue weighted by Crippen LogP contribution is -2.51. The van der Waals surface area contributed by atoms with Crippen molar-refractivity contribution in [3.05, 3.63) is 36.4 Å². The maximum Gasteiger partial charge on any atom is 0.226 e. The van der Waals surface area contributed by atoms with E-state index < -0.39 is 0 Å². The number of hydrogen-bond donors (Lipinski definition) is 0. The molecule has 4 heteroatoms. The van der Waals surface area contributed by atoms with Gasteiger partial charge in [-0.25, -0.2) is 0 Å². The third-order valence-electron chi connectivity index (χ3n) is 5.61. The Morgan fingerprint density at radius 1 is 1.09 bits per heavy atom. The van der Waals surface area contributed by atoms with Gasteiger partial charge in [-0.2, -0.15) is 0 Å². The zero-order valence-corrected chi connectivity index (χ0v) is 13.6. The van der Waals surface area contributed by atoms with Crippen molar-refractivity contribution >= 4 is 11.6 Å². The average molecular weight is 312 g/mol. The minimum atomic E-state index is 0.239. The third-order valence-corrected chi connectivity index (χ3v) is 5.61. The number of para-hydroxylation sites is 2. The predicted octanol–water partition coefficient (Wildman–Crippen LogP) is 2.56. The maximum absolute atomic E-state index is 12.8. The van der Waals surface area contributed by atoms with Crippen LogP contribution in [-0.4, -0.2) is 44.1 Å². The minimum Gasteiger partial charge on any atom is -0.495 e. The van der Waals surface area contributed by atoms with Gasteiger partial charge in [0, 0.05) is 32.1 Å². The van der Waals surface area contributed by atoms with Crippen LogP contribution in [0.2, 0.25) is 0 Å². The van der Waals surface area contributed by atoms with Gasteiger partial charge in [0.05, 0.1) is 12.8 Å². The zero-order chi connectivity index (χ0) is 15.8. The molecule has 23 heavy (non-hydrogen) atoms. The number of hydrogen-bond acceptors (Lipinski definition) is 3. The van der Waals surface area contributed by atoms with Crippen LogP contribution in [0.5, 0.6) is 5.75 Å². The van der Waals surface area contributed by atoms with E-state index in [1.807, 2.05) is 18.2 Å². The normalized spacial score (nSPS) is 29.2. The predicted molar refractivity (Wildman–Crippen MR) is 90.6 cm³/mol. The van der Waals surface area contributed by atoms with Crippen LogP contribution in [0.3, 0.4) is 0 Å². The number of carbonyl (C=O) groups excluding carboxylic acids is 1. The topological polar surface area (TPSA) is 32.8 Å². The van der Waals surface area contributed by atoms with Crippen LogP contribution >= 0.6 is 0 Å². The summed E-state index contributed by atoms with van der Waals surface area (Å²) in [6.45, 7) is 3.38. The summed E-state index contributed by atoms with van der Waals surface area (Å²) in [5.41, 5.74) is 1.13. The molecule has 2 aliphatic carbocycles. The molecule has 0 N–H and O–H groups in total. The molecule has 0 radical (unpaired) electrons. The maximum atomic E-state index is 12.8. The SMILES string of the molecule is COc1ccccc1N1CCN(C(=O)C2CC3C=CC2C3)CC1. The first-order valence-electron chi connectivity index (χ1n) is 8.61. The molecule has 1 aromatic carbocycles. The van der Waals surface area contributed by atoms with Crippen molar-refractivity contribution in [3.8, 4) is 5.75 Å². The van der Waals surface area contributed by atoms with Crippen LogP contribution in [0, 0.1) is 17.8 Å². The molecule has 0 aromatic heterocycles. The number of carbonyl (C=O) groups is 1. The second kappa shape index (κ2) is 5.91. The number of ether oxygens (including phenoxy) is 1. The molecule has 0 spiro atoms. The number of piperazine rings is 1. The van der Waals surface area contributed by atoms with Crippen LogP contribution in [0.15, 0.2) is 36.4 Å². The largest absolute Gasteiger partial charge is 0.495 e. The number of methoxy groups -OCH3 is 1. The van der Waals surface area contributed by atoms with E-state index in [9.17, 15) is 4.79 Å². The number of amides is 1. The van der Waals surface area contributed by atoms with Gasteiger partial charge in [0.1, 0.15) is 5.75 Å². The minimum absolute atomic E-state index is 0.239. The Bertz CT molecular complexity index is 620. The molecule has 2 fully saturated rings. The Kier molecular flexibility index (Phi) is 3.76. The summed E-state index contributed by atoms with van der Waals surface area (Å²) < 4.78 is 5.46. The van der Waals surface area contributed by atoms with Crippen molar-refractivity contribution in [2.45, 2.75) is 12.8 Å². The molecule has 3 aliphatic rings. The van der Waals surface area contributed by atoms with Crippen LogP contribution < -0.4 is 9.64 Å². The molecule has 1 amide bonds. The Hall–Kier alpha value is -1.97. The fourth-order valence-corrected chi connectivity index (χ4v) is 4.36. The smallest absolute Gasteiger partial charge is 0.226 e. The molecule has 122 valence electrons. The van der Waals surface area contributed by atoms with Crippen LogP contribution in [0.25, 0.3) is 0 Å². The van der Waals surface area contributed by atoms with Gasteiger partial charge in [-0.3, -0.25) is 4.79 Å². The molecule has 1 heterocycles. The second-order valence-electron chi connectivity index (χ2n) is 6.87. The van der Waals surface area contributed by atoms with E-state index >= 15 is 0 Å². The number of anilines is 1. The van der Waals surface area contributed by atoms with Gasteiger partial charge in [0.25, 0.3) is 0 Å². The number of allylic oxidation sites excluding steroid dienone is 2. The van der Waals surface area contributed by atoms with Crippen molar-refractivity contribution in [1.29, 1.82) is 0 Å². The first-order chi connectivity index (χ1) is 11.3.